The predicted octanol–water partition coefficient (Wildman–Crippen LogP) is 2.21. The van der Waals surface area contributed by atoms with Crippen LogP contribution in [0.25, 0.3) is 0 Å². The van der Waals surface area contributed by atoms with Crippen LogP contribution >= 0.6 is 0 Å². The molecule has 1 amide bonds. The lowest BCUT2D eigenvalue weighted by Crippen LogP contribution is -2.52. The maximum atomic E-state index is 12.6. The van der Waals surface area contributed by atoms with Crippen LogP contribution < -0.4 is 11.1 Å². The van der Waals surface area contributed by atoms with Crippen LogP contribution in [0, 0.1) is 11.8 Å². The molecule has 1 aliphatic carbocycles. The van der Waals surface area contributed by atoms with Gasteiger partial charge in [0.25, 0.3) is 0 Å². The van der Waals surface area contributed by atoms with Crippen LogP contribution in [0.15, 0.2) is 30.3 Å². The molecule has 1 saturated heterocycles. The molecule has 3 nitrogen and oxygen atoms in total. The molecule has 108 valence electrons. The Hall–Kier alpha value is -1.35. The summed E-state index contributed by atoms with van der Waals surface area (Å²) in [6, 6.07) is 10.3. The summed E-state index contributed by atoms with van der Waals surface area (Å²) in [6.45, 7) is 1.91. The van der Waals surface area contributed by atoms with E-state index in [-0.39, 0.29) is 5.91 Å². The summed E-state index contributed by atoms with van der Waals surface area (Å²) >= 11 is 0. The minimum Gasteiger partial charge on any atom is -0.369 e. The van der Waals surface area contributed by atoms with E-state index in [4.69, 9.17) is 5.73 Å². The maximum Gasteiger partial charge on any atom is 0.228 e. The van der Waals surface area contributed by atoms with Crippen LogP contribution in [0.3, 0.4) is 0 Å². The molecule has 0 spiro atoms. The van der Waals surface area contributed by atoms with Crippen molar-refractivity contribution >= 4 is 5.91 Å². The van der Waals surface area contributed by atoms with Crippen LogP contribution in [0.4, 0.5) is 0 Å². The molecule has 0 radical (unpaired) electrons. The Morgan fingerprint density at radius 3 is 2.35 bits per heavy atom. The monoisotopic (exact) mass is 272 g/mol. The Morgan fingerprint density at radius 2 is 1.80 bits per heavy atom. The van der Waals surface area contributed by atoms with Crippen LogP contribution in [0.1, 0.15) is 37.7 Å². The highest BCUT2D eigenvalue weighted by Gasteiger charge is 2.52. The standard InChI is InChI=1S/C17H24N2O/c18-16(20)17(14-8-4-5-9-14,15-10-11-19-12-15)13-6-2-1-3-7-13/h1-3,6-7,14-15,19H,4-5,8-12H2,(H2,18,20)/t15-,17?/m1/s1. The number of rotatable bonds is 4. The summed E-state index contributed by atoms with van der Waals surface area (Å²) in [5.74, 6) is 0.627. The zero-order valence-electron chi connectivity index (χ0n) is 12.0. The molecule has 1 aliphatic heterocycles. The van der Waals surface area contributed by atoms with Gasteiger partial charge in [-0.2, -0.15) is 0 Å². The van der Waals surface area contributed by atoms with Gasteiger partial charge in [-0.05, 0) is 49.8 Å². The molecule has 1 heterocycles. The van der Waals surface area contributed by atoms with Crippen molar-refractivity contribution in [2.75, 3.05) is 13.1 Å². The van der Waals surface area contributed by atoms with Gasteiger partial charge in [-0.25, -0.2) is 0 Å². The van der Waals surface area contributed by atoms with Crippen LogP contribution in [-0.4, -0.2) is 19.0 Å². The summed E-state index contributed by atoms with van der Waals surface area (Å²) < 4.78 is 0. The van der Waals surface area contributed by atoms with Crippen molar-refractivity contribution in [3.8, 4) is 0 Å². The molecular formula is C17H24N2O. The Balaban J connectivity index is 2.10. The van der Waals surface area contributed by atoms with Gasteiger partial charge in [0.1, 0.15) is 0 Å². The van der Waals surface area contributed by atoms with Crippen molar-refractivity contribution in [3.05, 3.63) is 35.9 Å². The third kappa shape index (κ3) is 2.05. The minimum atomic E-state index is -0.471. The molecule has 2 atom stereocenters. The van der Waals surface area contributed by atoms with E-state index in [0.29, 0.717) is 11.8 Å². The second-order valence-electron chi connectivity index (χ2n) is 6.27. The van der Waals surface area contributed by atoms with E-state index in [1.165, 1.54) is 12.8 Å². The fraction of sp³-hybridized carbons (Fsp3) is 0.588. The molecular weight excluding hydrogens is 248 g/mol. The Morgan fingerprint density at radius 1 is 1.10 bits per heavy atom. The zero-order valence-corrected chi connectivity index (χ0v) is 12.0. The predicted molar refractivity (Wildman–Crippen MR) is 80.2 cm³/mol. The van der Waals surface area contributed by atoms with Gasteiger partial charge in [-0.1, -0.05) is 43.2 Å². The van der Waals surface area contributed by atoms with Crippen molar-refractivity contribution < 1.29 is 4.79 Å². The van der Waals surface area contributed by atoms with Gasteiger partial charge in [-0.15, -0.1) is 0 Å². The van der Waals surface area contributed by atoms with Crippen molar-refractivity contribution in [3.63, 3.8) is 0 Å². The van der Waals surface area contributed by atoms with Gasteiger partial charge in [0.05, 0.1) is 5.41 Å². The highest BCUT2D eigenvalue weighted by molar-refractivity contribution is 5.87. The normalized spacial score (nSPS) is 26.5. The SMILES string of the molecule is NC(=O)C(c1ccccc1)(C1CCCC1)[C@@H]1CCNC1. The molecule has 3 heteroatoms. The number of nitrogens with two attached hydrogens (primary N) is 1. The van der Waals surface area contributed by atoms with E-state index >= 15 is 0 Å². The van der Waals surface area contributed by atoms with Crippen molar-refractivity contribution in [1.29, 1.82) is 0 Å². The van der Waals surface area contributed by atoms with Gasteiger partial charge in [0.2, 0.25) is 5.91 Å². The molecule has 1 aromatic carbocycles. The average molecular weight is 272 g/mol. The fourth-order valence-corrected chi connectivity index (χ4v) is 4.49. The highest BCUT2D eigenvalue weighted by atomic mass is 16.1. The zero-order chi connectivity index (χ0) is 14.0. The van der Waals surface area contributed by atoms with Gasteiger partial charge < -0.3 is 11.1 Å². The summed E-state index contributed by atoms with van der Waals surface area (Å²) in [7, 11) is 0. The second kappa shape index (κ2) is 5.57. The Labute approximate surface area is 120 Å². The molecule has 2 aliphatic rings. The van der Waals surface area contributed by atoms with Crippen LogP contribution in [0.2, 0.25) is 0 Å². The molecule has 0 bridgehead atoms. The minimum absolute atomic E-state index is 0.121. The van der Waals surface area contributed by atoms with Crippen molar-refractivity contribution in [2.45, 2.75) is 37.5 Å². The molecule has 20 heavy (non-hydrogen) atoms. The molecule has 2 fully saturated rings. The Bertz CT molecular complexity index is 443. The fourth-order valence-electron chi connectivity index (χ4n) is 4.49. The summed E-state index contributed by atoms with van der Waals surface area (Å²) in [5, 5.41) is 3.42. The number of hydrogen-bond acceptors (Lipinski definition) is 2. The van der Waals surface area contributed by atoms with E-state index < -0.39 is 5.41 Å². The maximum absolute atomic E-state index is 12.6. The van der Waals surface area contributed by atoms with E-state index in [9.17, 15) is 4.79 Å². The summed E-state index contributed by atoms with van der Waals surface area (Å²) in [4.78, 5) is 12.6. The molecule has 1 aromatic rings. The second-order valence-corrected chi connectivity index (χ2v) is 6.27. The molecule has 1 unspecified atom stereocenters. The number of hydrogen-bond donors (Lipinski definition) is 2. The summed E-state index contributed by atoms with van der Waals surface area (Å²) in [5.41, 5.74) is 6.66. The number of carbonyl (C=O) groups is 1. The van der Waals surface area contributed by atoms with Crippen molar-refractivity contribution in [2.24, 2.45) is 17.6 Å². The third-order valence-electron chi connectivity index (χ3n) is 5.36. The first-order valence-electron chi connectivity index (χ1n) is 7.82. The van der Waals surface area contributed by atoms with Gasteiger partial charge in [0, 0.05) is 0 Å². The highest BCUT2D eigenvalue weighted by Crippen LogP contribution is 2.48. The number of primary amides is 1. The smallest absolute Gasteiger partial charge is 0.228 e. The van der Waals surface area contributed by atoms with Crippen LogP contribution in [0.5, 0.6) is 0 Å². The number of carbonyl (C=O) groups excluding carboxylic acids is 1. The first kappa shape index (κ1) is 13.6. The largest absolute Gasteiger partial charge is 0.369 e. The number of benzene rings is 1. The average Bonchev–Trinajstić information content (AvgIpc) is 3.14. The number of nitrogens with one attached hydrogen (secondary N) is 1. The first-order valence-corrected chi connectivity index (χ1v) is 7.82. The topological polar surface area (TPSA) is 55.1 Å². The molecule has 3 rings (SSSR count). The number of amides is 1. The van der Waals surface area contributed by atoms with Crippen LogP contribution in [-0.2, 0) is 10.2 Å². The summed E-state index contributed by atoms with van der Waals surface area (Å²) in [6.07, 6.45) is 5.77. The van der Waals surface area contributed by atoms with Gasteiger partial charge in [0.15, 0.2) is 0 Å². The quantitative estimate of drug-likeness (QED) is 0.883. The van der Waals surface area contributed by atoms with E-state index in [0.717, 1.165) is 37.9 Å². The first-order chi connectivity index (χ1) is 9.76. The lowest BCUT2D eigenvalue weighted by Gasteiger charge is -2.41. The molecule has 3 N–H and O–H groups in total. The molecule has 1 saturated carbocycles. The van der Waals surface area contributed by atoms with Gasteiger partial charge >= 0.3 is 0 Å². The van der Waals surface area contributed by atoms with Crippen molar-refractivity contribution in [1.82, 2.24) is 5.32 Å². The lowest BCUT2D eigenvalue weighted by atomic mass is 9.61. The van der Waals surface area contributed by atoms with E-state index in [1.54, 1.807) is 0 Å². The third-order valence-corrected chi connectivity index (χ3v) is 5.36. The lowest BCUT2D eigenvalue weighted by molar-refractivity contribution is -0.128. The molecule has 0 aromatic heterocycles. The van der Waals surface area contributed by atoms with E-state index in [1.807, 2.05) is 18.2 Å². The Kier molecular flexibility index (Phi) is 3.79. The van der Waals surface area contributed by atoms with E-state index in [2.05, 4.69) is 17.4 Å². The van der Waals surface area contributed by atoms with Gasteiger partial charge in [-0.3, -0.25) is 4.79 Å².